The number of aromatic amines is 1. The van der Waals surface area contributed by atoms with Crippen molar-refractivity contribution in [1.82, 2.24) is 19.6 Å². The average molecular weight is 238 g/mol. The van der Waals surface area contributed by atoms with E-state index in [0.717, 1.165) is 11.3 Å². The van der Waals surface area contributed by atoms with Gasteiger partial charge in [0.2, 0.25) is 5.82 Å². The van der Waals surface area contributed by atoms with Crippen LogP contribution in [0.25, 0.3) is 5.78 Å². The standard InChI is InChI=1S/C9H10N4O2S/c1-4-5(2)10-9-11-6(8(14)15-3)12-13(9)7(4)16/h1-3H3,(H,10,11,12). The molecule has 0 amide bonds. The molecule has 0 fully saturated rings. The second-order valence-corrected chi connectivity index (χ2v) is 3.71. The molecule has 0 aliphatic rings. The molecule has 0 saturated carbocycles. The van der Waals surface area contributed by atoms with Crippen LogP contribution >= 0.6 is 12.2 Å². The Hall–Kier alpha value is -1.76. The van der Waals surface area contributed by atoms with E-state index in [4.69, 9.17) is 12.2 Å². The normalized spacial score (nSPS) is 10.7. The minimum atomic E-state index is -0.546. The smallest absolute Gasteiger partial charge is 0.375 e. The van der Waals surface area contributed by atoms with Gasteiger partial charge in [0.25, 0.3) is 5.78 Å². The van der Waals surface area contributed by atoms with Gasteiger partial charge < -0.3 is 4.74 Å². The first-order valence-electron chi connectivity index (χ1n) is 4.59. The Morgan fingerprint density at radius 1 is 1.44 bits per heavy atom. The zero-order chi connectivity index (χ0) is 11.9. The molecule has 7 heteroatoms. The number of ether oxygens (including phenoxy) is 1. The first-order valence-corrected chi connectivity index (χ1v) is 4.99. The number of rotatable bonds is 1. The minimum Gasteiger partial charge on any atom is -0.463 e. The number of aromatic nitrogens is 4. The lowest BCUT2D eigenvalue weighted by molar-refractivity contribution is 0.0587. The minimum absolute atomic E-state index is 0.0890. The summed E-state index contributed by atoms with van der Waals surface area (Å²) >= 11 is 5.22. The van der Waals surface area contributed by atoms with Gasteiger partial charge in [0, 0.05) is 11.3 Å². The maximum absolute atomic E-state index is 11.3. The summed E-state index contributed by atoms with van der Waals surface area (Å²) in [4.78, 5) is 19.5. The van der Waals surface area contributed by atoms with E-state index in [2.05, 4.69) is 19.8 Å². The number of aryl methyl sites for hydroxylation is 1. The SMILES string of the molecule is COC(=O)c1nc2nc(C)c(C)c(=S)n2[nH]1. The first kappa shape index (κ1) is 10.7. The Labute approximate surface area is 96.3 Å². The number of nitrogens with zero attached hydrogens (tertiary/aromatic N) is 3. The highest BCUT2D eigenvalue weighted by molar-refractivity contribution is 7.71. The van der Waals surface area contributed by atoms with Crippen LogP contribution in [0.15, 0.2) is 0 Å². The highest BCUT2D eigenvalue weighted by Gasteiger charge is 2.13. The summed E-state index contributed by atoms with van der Waals surface area (Å²) in [5.74, 6) is -0.0881. The van der Waals surface area contributed by atoms with Crippen LogP contribution in [-0.4, -0.2) is 32.7 Å². The topological polar surface area (TPSA) is 72.3 Å². The van der Waals surface area contributed by atoms with Gasteiger partial charge in [-0.25, -0.2) is 14.3 Å². The number of esters is 1. The molecular weight excluding hydrogens is 228 g/mol. The van der Waals surface area contributed by atoms with E-state index < -0.39 is 5.97 Å². The number of carbonyl (C=O) groups is 1. The van der Waals surface area contributed by atoms with Gasteiger partial charge in [-0.3, -0.25) is 5.10 Å². The largest absolute Gasteiger partial charge is 0.463 e. The van der Waals surface area contributed by atoms with Crippen molar-refractivity contribution in [2.24, 2.45) is 0 Å². The van der Waals surface area contributed by atoms with Gasteiger partial charge in [0.1, 0.15) is 4.64 Å². The summed E-state index contributed by atoms with van der Waals surface area (Å²) in [6, 6.07) is 0. The molecular formula is C9H10N4O2S. The van der Waals surface area contributed by atoms with Gasteiger partial charge >= 0.3 is 5.97 Å². The van der Waals surface area contributed by atoms with E-state index in [-0.39, 0.29) is 5.82 Å². The molecule has 6 nitrogen and oxygen atoms in total. The van der Waals surface area contributed by atoms with E-state index in [9.17, 15) is 4.79 Å². The average Bonchev–Trinajstić information content (AvgIpc) is 2.69. The fourth-order valence-electron chi connectivity index (χ4n) is 1.29. The van der Waals surface area contributed by atoms with Crippen molar-refractivity contribution in [3.05, 3.63) is 21.7 Å². The number of carbonyl (C=O) groups excluding carboxylic acids is 1. The second-order valence-electron chi connectivity index (χ2n) is 3.33. The van der Waals surface area contributed by atoms with Crippen LogP contribution in [0.2, 0.25) is 0 Å². The third-order valence-corrected chi connectivity index (χ3v) is 2.83. The fourth-order valence-corrected chi connectivity index (χ4v) is 1.57. The molecule has 0 bridgehead atoms. The zero-order valence-corrected chi connectivity index (χ0v) is 9.88. The van der Waals surface area contributed by atoms with Crippen molar-refractivity contribution in [1.29, 1.82) is 0 Å². The quantitative estimate of drug-likeness (QED) is 0.597. The van der Waals surface area contributed by atoms with Gasteiger partial charge in [-0.15, -0.1) is 0 Å². The molecule has 0 aromatic carbocycles. The van der Waals surface area contributed by atoms with Crippen LogP contribution in [0.1, 0.15) is 21.9 Å². The maximum atomic E-state index is 11.3. The van der Waals surface area contributed by atoms with Crippen molar-refractivity contribution < 1.29 is 9.53 Å². The van der Waals surface area contributed by atoms with Crippen molar-refractivity contribution in [2.45, 2.75) is 13.8 Å². The van der Waals surface area contributed by atoms with Crippen molar-refractivity contribution in [3.8, 4) is 0 Å². The first-order chi connectivity index (χ1) is 7.54. The monoisotopic (exact) mass is 238 g/mol. The van der Waals surface area contributed by atoms with Crippen LogP contribution < -0.4 is 0 Å². The van der Waals surface area contributed by atoms with Gasteiger partial charge in [-0.2, -0.15) is 4.98 Å². The van der Waals surface area contributed by atoms with Crippen LogP contribution in [-0.2, 0) is 4.74 Å². The van der Waals surface area contributed by atoms with Crippen LogP contribution in [0, 0.1) is 18.5 Å². The van der Waals surface area contributed by atoms with Gasteiger partial charge in [-0.05, 0) is 13.8 Å². The van der Waals surface area contributed by atoms with E-state index in [1.165, 1.54) is 11.6 Å². The highest BCUT2D eigenvalue weighted by Crippen LogP contribution is 2.08. The Morgan fingerprint density at radius 3 is 2.75 bits per heavy atom. The third-order valence-electron chi connectivity index (χ3n) is 2.34. The highest BCUT2D eigenvalue weighted by atomic mass is 32.1. The molecule has 2 heterocycles. The summed E-state index contributed by atoms with van der Waals surface area (Å²) < 4.78 is 6.61. The van der Waals surface area contributed by atoms with E-state index >= 15 is 0 Å². The van der Waals surface area contributed by atoms with E-state index in [1.54, 1.807) is 0 Å². The summed E-state index contributed by atoms with van der Waals surface area (Å²) in [5.41, 5.74) is 1.68. The van der Waals surface area contributed by atoms with Crippen LogP contribution in [0.4, 0.5) is 0 Å². The second kappa shape index (κ2) is 3.67. The summed E-state index contributed by atoms with van der Waals surface area (Å²) in [7, 11) is 1.29. The molecule has 0 aliphatic heterocycles. The molecule has 0 spiro atoms. The lowest BCUT2D eigenvalue weighted by Crippen LogP contribution is -2.04. The molecule has 0 atom stereocenters. The Morgan fingerprint density at radius 2 is 2.12 bits per heavy atom. The number of hydrogen-bond donors (Lipinski definition) is 1. The third kappa shape index (κ3) is 1.49. The number of fused-ring (bicyclic) bond motifs is 1. The van der Waals surface area contributed by atoms with Gasteiger partial charge in [0.05, 0.1) is 7.11 Å². The molecule has 0 unspecified atom stereocenters. The van der Waals surface area contributed by atoms with Gasteiger partial charge in [-0.1, -0.05) is 12.2 Å². The van der Waals surface area contributed by atoms with E-state index in [0.29, 0.717) is 10.4 Å². The molecule has 2 aromatic rings. The van der Waals surface area contributed by atoms with Gasteiger partial charge in [0.15, 0.2) is 0 Å². The van der Waals surface area contributed by atoms with Crippen molar-refractivity contribution in [3.63, 3.8) is 0 Å². The predicted molar refractivity (Wildman–Crippen MR) is 59.0 cm³/mol. The lowest BCUT2D eigenvalue weighted by atomic mass is 10.3. The maximum Gasteiger partial charge on any atom is 0.375 e. The molecule has 2 aromatic heterocycles. The van der Waals surface area contributed by atoms with E-state index in [1.807, 2.05) is 13.8 Å². The Kier molecular flexibility index (Phi) is 2.47. The molecule has 0 aliphatic carbocycles. The molecule has 1 N–H and O–H groups in total. The lowest BCUT2D eigenvalue weighted by Gasteiger charge is -1.99. The number of H-pyrrole nitrogens is 1. The Balaban J connectivity index is 2.76. The predicted octanol–water partition coefficient (Wildman–Crippen LogP) is 1.19. The fraction of sp³-hybridized carbons (Fsp3) is 0.333. The number of methoxy groups -OCH3 is 1. The summed E-state index contributed by atoms with van der Waals surface area (Å²) in [5, 5.41) is 2.75. The summed E-state index contributed by atoms with van der Waals surface area (Å²) in [6.45, 7) is 3.72. The number of nitrogens with one attached hydrogen (secondary N) is 1. The van der Waals surface area contributed by atoms with Crippen LogP contribution in [0.5, 0.6) is 0 Å². The number of hydrogen-bond acceptors (Lipinski definition) is 5. The molecule has 16 heavy (non-hydrogen) atoms. The van der Waals surface area contributed by atoms with Crippen molar-refractivity contribution in [2.75, 3.05) is 7.11 Å². The van der Waals surface area contributed by atoms with Crippen molar-refractivity contribution >= 4 is 24.0 Å². The molecule has 84 valence electrons. The zero-order valence-electron chi connectivity index (χ0n) is 9.07. The molecule has 0 radical (unpaired) electrons. The summed E-state index contributed by atoms with van der Waals surface area (Å²) in [6.07, 6.45) is 0. The van der Waals surface area contributed by atoms with Crippen LogP contribution in [0.3, 0.4) is 0 Å². The molecule has 2 rings (SSSR count). The molecule has 0 saturated heterocycles. The Bertz CT molecular complexity index is 628.